The molecule has 0 spiro atoms. The molecule has 2 rings (SSSR count). The molecule has 0 aliphatic rings. The van der Waals surface area contributed by atoms with E-state index in [0.717, 1.165) is 36.5 Å². The van der Waals surface area contributed by atoms with Crippen LogP contribution < -0.4 is 5.32 Å². The van der Waals surface area contributed by atoms with Crippen molar-refractivity contribution in [3.8, 4) is 0 Å². The zero-order chi connectivity index (χ0) is 15.3. The molecule has 0 fully saturated rings. The van der Waals surface area contributed by atoms with Gasteiger partial charge in [0.2, 0.25) is 0 Å². The van der Waals surface area contributed by atoms with Crippen molar-refractivity contribution in [1.82, 2.24) is 15.3 Å². The number of rotatable bonds is 6. The van der Waals surface area contributed by atoms with E-state index < -0.39 is 11.7 Å². The molecule has 0 aliphatic carbocycles. The van der Waals surface area contributed by atoms with Crippen LogP contribution in [0.15, 0.2) is 36.7 Å². The van der Waals surface area contributed by atoms with Crippen molar-refractivity contribution in [3.05, 3.63) is 53.6 Å². The summed E-state index contributed by atoms with van der Waals surface area (Å²) in [6.45, 7) is 2.89. The first-order valence-corrected chi connectivity index (χ1v) is 6.89. The number of hydrogen-bond acceptors (Lipinski definition) is 2. The summed E-state index contributed by atoms with van der Waals surface area (Å²) in [7, 11) is 0. The van der Waals surface area contributed by atoms with Gasteiger partial charge in [-0.1, -0.05) is 19.1 Å². The Kier molecular flexibility index (Phi) is 5.01. The predicted molar refractivity (Wildman–Crippen MR) is 74.8 cm³/mol. The Morgan fingerprint density at radius 1 is 1.24 bits per heavy atom. The number of hydrogen-bond donors (Lipinski definition) is 2. The first kappa shape index (κ1) is 15.6. The summed E-state index contributed by atoms with van der Waals surface area (Å²) < 4.78 is 37.6. The van der Waals surface area contributed by atoms with Crippen LogP contribution in [-0.2, 0) is 12.6 Å². The Morgan fingerprint density at radius 3 is 2.48 bits per heavy atom. The lowest BCUT2D eigenvalue weighted by Crippen LogP contribution is -2.25. The second-order valence-corrected chi connectivity index (χ2v) is 4.88. The third kappa shape index (κ3) is 4.32. The monoisotopic (exact) mass is 297 g/mol. The summed E-state index contributed by atoms with van der Waals surface area (Å²) in [4.78, 5) is 7.27. The number of nitrogens with one attached hydrogen (secondary N) is 2. The number of nitrogens with zero attached hydrogens (tertiary/aromatic N) is 1. The second kappa shape index (κ2) is 6.76. The minimum absolute atomic E-state index is 0.0308. The Labute approximate surface area is 121 Å². The Bertz CT molecular complexity index is 532. The smallest absolute Gasteiger partial charge is 0.347 e. The zero-order valence-electron chi connectivity index (χ0n) is 11.7. The highest BCUT2D eigenvalue weighted by molar-refractivity contribution is 5.25. The van der Waals surface area contributed by atoms with Gasteiger partial charge in [-0.3, -0.25) is 0 Å². The third-order valence-corrected chi connectivity index (χ3v) is 3.21. The first-order valence-electron chi connectivity index (χ1n) is 6.89. The maximum absolute atomic E-state index is 12.5. The fourth-order valence-corrected chi connectivity index (χ4v) is 2.12. The van der Waals surface area contributed by atoms with Crippen molar-refractivity contribution in [2.75, 3.05) is 6.54 Å². The van der Waals surface area contributed by atoms with Crippen LogP contribution >= 0.6 is 0 Å². The molecule has 1 unspecified atom stereocenters. The van der Waals surface area contributed by atoms with Crippen molar-refractivity contribution in [2.45, 2.75) is 32.0 Å². The van der Waals surface area contributed by atoms with Crippen LogP contribution in [-0.4, -0.2) is 16.5 Å². The molecule has 1 heterocycles. The van der Waals surface area contributed by atoms with Gasteiger partial charge in [-0.2, -0.15) is 13.2 Å². The van der Waals surface area contributed by atoms with Gasteiger partial charge in [-0.25, -0.2) is 4.98 Å². The highest BCUT2D eigenvalue weighted by atomic mass is 19.4. The molecule has 0 bridgehead atoms. The van der Waals surface area contributed by atoms with Crippen LogP contribution in [0.1, 0.15) is 36.3 Å². The fraction of sp³-hybridized carbons (Fsp3) is 0.400. The van der Waals surface area contributed by atoms with Crippen molar-refractivity contribution in [2.24, 2.45) is 0 Å². The average Bonchev–Trinajstić information content (AvgIpc) is 2.97. The summed E-state index contributed by atoms with van der Waals surface area (Å²) in [5.41, 5.74) is 0.218. The van der Waals surface area contributed by atoms with Crippen molar-refractivity contribution in [1.29, 1.82) is 0 Å². The van der Waals surface area contributed by atoms with E-state index >= 15 is 0 Å². The molecule has 3 nitrogen and oxygen atoms in total. The van der Waals surface area contributed by atoms with E-state index in [1.807, 2.05) is 0 Å². The molecule has 2 aromatic rings. The molecule has 0 saturated carbocycles. The summed E-state index contributed by atoms with van der Waals surface area (Å²) in [5.74, 6) is 0.795. The van der Waals surface area contributed by atoms with E-state index in [2.05, 4.69) is 22.2 Å². The SMILES string of the molecule is CCCNC(Cc1ccc(C(F)(F)F)cc1)c1ncc[nH]1. The molecular formula is C15H18F3N3. The van der Waals surface area contributed by atoms with Crippen molar-refractivity contribution >= 4 is 0 Å². The number of alkyl halides is 3. The lowest BCUT2D eigenvalue weighted by molar-refractivity contribution is -0.137. The number of halogens is 3. The Balaban J connectivity index is 2.09. The van der Waals surface area contributed by atoms with Gasteiger partial charge in [0.1, 0.15) is 5.82 Å². The van der Waals surface area contributed by atoms with E-state index in [4.69, 9.17) is 0 Å². The molecule has 1 aromatic carbocycles. The maximum Gasteiger partial charge on any atom is 0.416 e. The third-order valence-electron chi connectivity index (χ3n) is 3.21. The quantitative estimate of drug-likeness (QED) is 0.853. The minimum atomic E-state index is -4.29. The molecule has 6 heteroatoms. The number of aromatic amines is 1. The first-order chi connectivity index (χ1) is 10.0. The molecule has 0 aliphatic heterocycles. The van der Waals surface area contributed by atoms with Gasteiger partial charge in [0, 0.05) is 12.4 Å². The average molecular weight is 297 g/mol. The predicted octanol–water partition coefficient (Wildman–Crippen LogP) is 3.71. The van der Waals surface area contributed by atoms with Gasteiger partial charge in [0.15, 0.2) is 0 Å². The van der Waals surface area contributed by atoms with E-state index in [0.29, 0.717) is 6.42 Å². The van der Waals surface area contributed by atoms with Crippen molar-refractivity contribution in [3.63, 3.8) is 0 Å². The van der Waals surface area contributed by atoms with Gasteiger partial charge in [-0.15, -0.1) is 0 Å². The van der Waals surface area contributed by atoms with Crippen LogP contribution in [0.2, 0.25) is 0 Å². The van der Waals surface area contributed by atoms with Crippen molar-refractivity contribution < 1.29 is 13.2 Å². The van der Waals surface area contributed by atoms with Gasteiger partial charge in [0.05, 0.1) is 11.6 Å². The molecule has 1 atom stereocenters. The molecule has 0 amide bonds. The summed E-state index contributed by atoms with van der Waals surface area (Å²) in [6.07, 6.45) is 0.681. The van der Waals surface area contributed by atoms with Gasteiger partial charge in [0.25, 0.3) is 0 Å². The van der Waals surface area contributed by atoms with E-state index in [-0.39, 0.29) is 6.04 Å². The summed E-state index contributed by atoms with van der Waals surface area (Å²) in [6, 6.07) is 5.25. The molecule has 0 radical (unpaired) electrons. The molecule has 2 N–H and O–H groups in total. The van der Waals surface area contributed by atoms with Crippen LogP contribution in [0, 0.1) is 0 Å². The molecular weight excluding hydrogens is 279 g/mol. The maximum atomic E-state index is 12.5. The number of imidazole rings is 1. The molecule has 1 aromatic heterocycles. The Morgan fingerprint density at radius 2 is 1.95 bits per heavy atom. The van der Waals surface area contributed by atoms with Gasteiger partial charge in [-0.05, 0) is 37.1 Å². The standard InChI is InChI=1S/C15H18F3N3/c1-2-7-19-13(14-20-8-9-21-14)10-11-3-5-12(6-4-11)15(16,17)18/h3-6,8-9,13,19H,2,7,10H2,1H3,(H,20,21). The van der Waals surface area contributed by atoms with E-state index in [9.17, 15) is 13.2 Å². The van der Waals surface area contributed by atoms with Crippen LogP contribution in [0.25, 0.3) is 0 Å². The van der Waals surface area contributed by atoms with Crippen LogP contribution in [0.3, 0.4) is 0 Å². The van der Waals surface area contributed by atoms with Crippen LogP contribution in [0.5, 0.6) is 0 Å². The van der Waals surface area contributed by atoms with Gasteiger partial charge < -0.3 is 10.3 Å². The Hall–Kier alpha value is -1.82. The summed E-state index contributed by atoms with van der Waals surface area (Å²) in [5, 5.41) is 3.35. The highest BCUT2D eigenvalue weighted by Gasteiger charge is 2.30. The normalized spacial score (nSPS) is 13.3. The number of H-pyrrole nitrogens is 1. The minimum Gasteiger partial charge on any atom is -0.347 e. The number of aromatic nitrogens is 2. The highest BCUT2D eigenvalue weighted by Crippen LogP contribution is 2.29. The van der Waals surface area contributed by atoms with Crippen LogP contribution in [0.4, 0.5) is 13.2 Å². The molecule has 114 valence electrons. The number of benzene rings is 1. The van der Waals surface area contributed by atoms with E-state index in [1.165, 1.54) is 12.1 Å². The molecule has 0 saturated heterocycles. The lowest BCUT2D eigenvalue weighted by Gasteiger charge is -2.17. The lowest BCUT2D eigenvalue weighted by atomic mass is 10.0. The molecule has 21 heavy (non-hydrogen) atoms. The summed E-state index contributed by atoms with van der Waals surface area (Å²) >= 11 is 0. The second-order valence-electron chi connectivity index (χ2n) is 4.88. The topological polar surface area (TPSA) is 40.7 Å². The van der Waals surface area contributed by atoms with Gasteiger partial charge >= 0.3 is 6.18 Å². The zero-order valence-corrected chi connectivity index (χ0v) is 11.7. The largest absolute Gasteiger partial charge is 0.416 e. The fourth-order valence-electron chi connectivity index (χ4n) is 2.12. The van der Waals surface area contributed by atoms with E-state index in [1.54, 1.807) is 12.4 Å².